The number of hydrogen-bond donors (Lipinski definition) is 2. The van der Waals surface area contributed by atoms with Gasteiger partial charge in [0.25, 0.3) is 5.91 Å². The van der Waals surface area contributed by atoms with Crippen LogP contribution < -0.4 is 10.6 Å². The van der Waals surface area contributed by atoms with Crippen molar-refractivity contribution in [3.63, 3.8) is 0 Å². The lowest BCUT2D eigenvalue weighted by Crippen LogP contribution is -2.49. The van der Waals surface area contributed by atoms with Gasteiger partial charge in [-0.05, 0) is 38.8 Å². The van der Waals surface area contributed by atoms with Gasteiger partial charge in [0.1, 0.15) is 5.54 Å². The maximum Gasteiger partial charge on any atom is 0.255 e. The lowest BCUT2D eigenvalue weighted by atomic mass is 9.92. The zero-order valence-corrected chi connectivity index (χ0v) is 16.4. The minimum atomic E-state index is -0.758. The molecule has 1 aliphatic carbocycles. The maximum atomic E-state index is 12.7. The van der Waals surface area contributed by atoms with Crippen LogP contribution in [0.1, 0.15) is 62.7 Å². The molecular formula is C21H30N4O2. The van der Waals surface area contributed by atoms with Gasteiger partial charge in [-0.1, -0.05) is 37.8 Å². The molecule has 1 aliphatic rings. The summed E-state index contributed by atoms with van der Waals surface area (Å²) in [4.78, 5) is 26.9. The van der Waals surface area contributed by atoms with E-state index in [1.54, 1.807) is 17.0 Å². The molecule has 6 nitrogen and oxygen atoms in total. The third kappa shape index (κ3) is 5.46. The molecule has 27 heavy (non-hydrogen) atoms. The van der Waals surface area contributed by atoms with E-state index in [2.05, 4.69) is 16.7 Å². The highest BCUT2D eigenvalue weighted by Crippen LogP contribution is 2.26. The summed E-state index contributed by atoms with van der Waals surface area (Å²) < 4.78 is 0. The molecule has 1 aromatic carbocycles. The zero-order chi connectivity index (χ0) is 19.7. The molecule has 0 radical (unpaired) electrons. The van der Waals surface area contributed by atoms with Crippen LogP contribution in [-0.4, -0.2) is 41.9 Å². The van der Waals surface area contributed by atoms with Gasteiger partial charge in [-0.3, -0.25) is 9.59 Å². The molecule has 0 unspecified atom stereocenters. The first-order valence-corrected chi connectivity index (χ1v) is 9.89. The predicted molar refractivity (Wildman–Crippen MR) is 106 cm³/mol. The SMILES string of the molecule is CCN(CC)C(=O)c1ccccc1NCC(=O)NC1(C#N)CCCCCC1. The van der Waals surface area contributed by atoms with E-state index < -0.39 is 5.54 Å². The number of carbonyl (C=O) groups excluding carboxylic acids is 2. The maximum absolute atomic E-state index is 12.7. The standard InChI is InChI=1S/C21H30N4O2/c1-3-25(4-2)20(27)17-11-7-8-12-18(17)23-15-19(26)24-21(16-22)13-9-5-6-10-14-21/h7-8,11-12,23H,3-6,9-10,13-15H2,1-2H3,(H,24,26). The molecule has 0 bridgehead atoms. The van der Waals surface area contributed by atoms with Crippen molar-refractivity contribution >= 4 is 17.5 Å². The molecular weight excluding hydrogens is 340 g/mol. The van der Waals surface area contributed by atoms with Gasteiger partial charge >= 0.3 is 0 Å². The lowest BCUT2D eigenvalue weighted by Gasteiger charge is -2.26. The average Bonchev–Trinajstić information content (AvgIpc) is 2.93. The Balaban J connectivity index is 2.03. The van der Waals surface area contributed by atoms with Crippen LogP contribution in [0.25, 0.3) is 0 Å². The summed E-state index contributed by atoms with van der Waals surface area (Å²) in [6, 6.07) is 9.55. The molecule has 1 fully saturated rings. The van der Waals surface area contributed by atoms with E-state index >= 15 is 0 Å². The molecule has 6 heteroatoms. The summed E-state index contributed by atoms with van der Waals surface area (Å²) >= 11 is 0. The van der Waals surface area contributed by atoms with Crippen molar-refractivity contribution in [1.82, 2.24) is 10.2 Å². The molecule has 1 saturated carbocycles. The van der Waals surface area contributed by atoms with Gasteiger partial charge in [0.2, 0.25) is 5.91 Å². The second kappa shape index (κ2) is 9.96. The van der Waals surface area contributed by atoms with Crippen LogP contribution in [0.4, 0.5) is 5.69 Å². The second-order valence-corrected chi connectivity index (χ2v) is 7.03. The highest BCUT2D eigenvalue weighted by Gasteiger charge is 2.32. The van der Waals surface area contributed by atoms with Gasteiger partial charge in [0, 0.05) is 18.8 Å². The number of amides is 2. The fourth-order valence-electron chi connectivity index (χ4n) is 3.59. The molecule has 2 amide bonds. The van der Waals surface area contributed by atoms with Crippen molar-refractivity contribution in [1.29, 1.82) is 5.26 Å². The fourth-order valence-corrected chi connectivity index (χ4v) is 3.59. The van der Waals surface area contributed by atoms with Crippen LogP contribution in [0.3, 0.4) is 0 Å². The Morgan fingerprint density at radius 1 is 1.11 bits per heavy atom. The quantitative estimate of drug-likeness (QED) is 0.721. The summed E-state index contributed by atoms with van der Waals surface area (Å²) in [5, 5.41) is 15.6. The Bertz CT molecular complexity index is 684. The van der Waals surface area contributed by atoms with Crippen LogP contribution in [0.15, 0.2) is 24.3 Å². The average molecular weight is 370 g/mol. The molecule has 0 aromatic heterocycles. The number of hydrogen-bond acceptors (Lipinski definition) is 4. The van der Waals surface area contributed by atoms with Crippen LogP contribution in [0.2, 0.25) is 0 Å². The molecule has 146 valence electrons. The van der Waals surface area contributed by atoms with Gasteiger partial charge in [0.05, 0.1) is 18.2 Å². The van der Waals surface area contributed by atoms with E-state index in [9.17, 15) is 14.9 Å². The molecule has 1 aromatic rings. The number of benzene rings is 1. The minimum Gasteiger partial charge on any atom is -0.376 e. The molecule has 0 spiro atoms. The summed E-state index contributed by atoms with van der Waals surface area (Å²) in [6.45, 7) is 5.19. The number of nitrogens with zero attached hydrogens (tertiary/aromatic N) is 2. The Morgan fingerprint density at radius 3 is 2.33 bits per heavy atom. The number of nitrogens with one attached hydrogen (secondary N) is 2. The first-order chi connectivity index (χ1) is 13.0. The van der Waals surface area contributed by atoms with Crippen molar-refractivity contribution in [3.8, 4) is 6.07 Å². The van der Waals surface area contributed by atoms with E-state index in [0.29, 0.717) is 37.2 Å². The topological polar surface area (TPSA) is 85.2 Å². The van der Waals surface area contributed by atoms with E-state index in [0.717, 1.165) is 25.7 Å². The van der Waals surface area contributed by atoms with E-state index in [-0.39, 0.29) is 18.4 Å². The number of rotatable bonds is 7. The molecule has 2 rings (SSSR count). The fraction of sp³-hybridized carbons (Fsp3) is 0.571. The Kier molecular flexibility index (Phi) is 7.66. The third-order valence-electron chi connectivity index (χ3n) is 5.20. The van der Waals surface area contributed by atoms with Gasteiger partial charge in [-0.15, -0.1) is 0 Å². The number of carbonyl (C=O) groups is 2. The van der Waals surface area contributed by atoms with Gasteiger partial charge < -0.3 is 15.5 Å². The van der Waals surface area contributed by atoms with Crippen LogP contribution in [0.5, 0.6) is 0 Å². The van der Waals surface area contributed by atoms with Crippen molar-refractivity contribution in [2.45, 2.75) is 57.9 Å². The van der Waals surface area contributed by atoms with E-state index in [1.807, 2.05) is 26.0 Å². The van der Waals surface area contributed by atoms with Crippen molar-refractivity contribution in [2.75, 3.05) is 25.0 Å². The van der Waals surface area contributed by atoms with Crippen molar-refractivity contribution in [2.24, 2.45) is 0 Å². The highest BCUT2D eigenvalue weighted by atomic mass is 16.2. The Labute approximate surface area is 161 Å². The van der Waals surface area contributed by atoms with Gasteiger partial charge in [0.15, 0.2) is 0 Å². The van der Waals surface area contributed by atoms with Gasteiger partial charge in [-0.25, -0.2) is 0 Å². The first kappa shape index (κ1) is 20.8. The largest absolute Gasteiger partial charge is 0.376 e. The monoisotopic (exact) mass is 370 g/mol. The second-order valence-electron chi connectivity index (χ2n) is 7.03. The summed E-state index contributed by atoms with van der Waals surface area (Å²) in [5.74, 6) is -0.274. The highest BCUT2D eigenvalue weighted by molar-refractivity contribution is 6.00. The smallest absolute Gasteiger partial charge is 0.255 e. The predicted octanol–water partition coefficient (Wildman–Crippen LogP) is 3.31. The Hall–Kier alpha value is -2.55. The van der Waals surface area contributed by atoms with E-state index in [1.165, 1.54) is 0 Å². The first-order valence-electron chi connectivity index (χ1n) is 9.89. The minimum absolute atomic E-state index is 0.0337. The number of anilines is 1. The summed E-state index contributed by atoms with van der Waals surface area (Å²) in [7, 11) is 0. The molecule has 0 atom stereocenters. The van der Waals surface area contributed by atoms with Crippen molar-refractivity contribution in [3.05, 3.63) is 29.8 Å². The molecule has 0 aliphatic heterocycles. The molecule has 0 saturated heterocycles. The molecule has 2 N–H and O–H groups in total. The molecule has 0 heterocycles. The Morgan fingerprint density at radius 2 is 1.74 bits per heavy atom. The lowest BCUT2D eigenvalue weighted by molar-refractivity contribution is -0.120. The number of para-hydroxylation sites is 1. The van der Waals surface area contributed by atoms with Gasteiger partial charge in [-0.2, -0.15) is 5.26 Å². The normalized spacial score (nSPS) is 15.9. The summed E-state index contributed by atoms with van der Waals surface area (Å²) in [6.07, 6.45) is 5.54. The zero-order valence-electron chi connectivity index (χ0n) is 16.4. The van der Waals surface area contributed by atoms with Crippen molar-refractivity contribution < 1.29 is 9.59 Å². The van der Waals surface area contributed by atoms with Crippen LogP contribution in [0, 0.1) is 11.3 Å². The third-order valence-corrected chi connectivity index (χ3v) is 5.20. The van der Waals surface area contributed by atoms with Crippen LogP contribution in [-0.2, 0) is 4.79 Å². The van der Waals surface area contributed by atoms with Crippen LogP contribution >= 0.6 is 0 Å². The summed E-state index contributed by atoms with van der Waals surface area (Å²) in [5.41, 5.74) is 0.432. The number of nitriles is 1. The van der Waals surface area contributed by atoms with E-state index in [4.69, 9.17) is 0 Å².